The molecule has 1 aromatic carbocycles. The van der Waals surface area contributed by atoms with E-state index in [4.69, 9.17) is 0 Å². The molecule has 1 aromatic rings. The Balaban J connectivity index is 1.72. The van der Waals surface area contributed by atoms with Crippen molar-refractivity contribution in [3.8, 4) is 5.75 Å². The van der Waals surface area contributed by atoms with Crippen molar-refractivity contribution in [3.63, 3.8) is 0 Å². The number of aliphatic carboxylic acids is 2. The van der Waals surface area contributed by atoms with Crippen molar-refractivity contribution < 1.29 is 29.7 Å². The number of aromatic hydroxyl groups is 1. The summed E-state index contributed by atoms with van der Waals surface area (Å²) in [6, 6.07) is 4.89. The maximum absolute atomic E-state index is 12.6. The minimum Gasteiger partial charge on any atom is -0.508 e. The van der Waals surface area contributed by atoms with Crippen molar-refractivity contribution in [2.45, 2.75) is 18.9 Å². The van der Waals surface area contributed by atoms with Crippen LogP contribution in [0.5, 0.6) is 5.75 Å². The number of rotatable bonds is 6. The number of carbonyl (C=O) groups is 3. The number of hydrogen-bond donors (Lipinski definition) is 4. The van der Waals surface area contributed by atoms with Crippen molar-refractivity contribution in [3.05, 3.63) is 42.0 Å². The van der Waals surface area contributed by atoms with Crippen LogP contribution in [0.25, 0.3) is 0 Å². The summed E-state index contributed by atoms with van der Waals surface area (Å²) in [5, 5.41) is 30.6. The molecule has 132 valence electrons. The fourth-order valence-corrected chi connectivity index (χ4v) is 3.85. The van der Waals surface area contributed by atoms with Crippen molar-refractivity contribution in [1.29, 1.82) is 0 Å². The van der Waals surface area contributed by atoms with E-state index in [1.807, 2.05) is 12.2 Å². The standard InChI is InChI=1S/C18H19NO6/c20-12-5-1-9(2-6-12)7-13(17(22)23)19-16(21)14-10-3-4-11(8-10)15(14)18(24)25/h1-6,10-11,13-15,20H,7-8H2,(H,19,21)(H,22,23)(H,24,25)/t10-,11-,13-,14+,15+/m0/s1. The Kier molecular flexibility index (Phi) is 4.48. The monoisotopic (exact) mass is 345 g/mol. The predicted molar refractivity (Wildman–Crippen MR) is 86.7 cm³/mol. The fraction of sp³-hybridized carbons (Fsp3) is 0.389. The van der Waals surface area contributed by atoms with Gasteiger partial charge in [0, 0.05) is 6.42 Å². The van der Waals surface area contributed by atoms with Crippen LogP contribution in [0.15, 0.2) is 36.4 Å². The van der Waals surface area contributed by atoms with Crippen molar-refractivity contribution in [2.24, 2.45) is 23.7 Å². The van der Waals surface area contributed by atoms with E-state index in [0.29, 0.717) is 12.0 Å². The van der Waals surface area contributed by atoms with E-state index in [1.54, 1.807) is 12.1 Å². The second kappa shape index (κ2) is 6.58. The van der Waals surface area contributed by atoms with Crippen molar-refractivity contribution >= 4 is 17.8 Å². The highest BCUT2D eigenvalue weighted by molar-refractivity contribution is 5.89. The predicted octanol–water partition coefficient (Wildman–Crippen LogP) is 1.03. The highest BCUT2D eigenvalue weighted by Gasteiger charge is 2.52. The number of benzene rings is 1. The highest BCUT2D eigenvalue weighted by atomic mass is 16.4. The molecule has 0 aromatic heterocycles. The van der Waals surface area contributed by atoms with Gasteiger partial charge in [-0.25, -0.2) is 4.79 Å². The molecule has 7 heteroatoms. The van der Waals surface area contributed by atoms with Crippen LogP contribution in [-0.2, 0) is 20.8 Å². The van der Waals surface area contributed by atoms with Crippen LogP contribution in [0.3, 0.4) is 0 Å². The Morgan fingerprint density at radius 2 is 1.64 bits per heavy atom. The molecule has 0 heterocycles. The van der Waals surface area contributed by atoms with Crippen LogP contribution in [0.4, 0.5) is 0 Å². The quantitative estimate of drug-likeness (QED) is 0.571. The number of hydrogen-bond acceptors (Lipinski definition) is 4. The number of phenols is 1. The van der Waals surface area contributed by atoms with Crippen LogP contribution in [0.1, 0.15) is 12.0 Å². The fourth-order valence-electron chi connectivity index (χ4n) is 3.85. The van der Waals surface area contributed by atoms with E-state index in [0.717, 1.165) is 0 Å². The second-order valence-corrected chi connectivity index (χ2v) is 6.61. The third-order valence-electron chi connectivity index (χ3n) is 5.04. The van der Waals surface area contributed by atoms with Crippen LogP contribution in [0.2, 0.25) is 0 Å². The third kappa shape index (κ3) is 3.35. The second-order valence-electron chi connectivity index (χ2n) is 6.61. The summed E-state index contributed by atoms with van der Waals surface area (Å²) in [6.45, 7) is 0. The topological polar surface area (TPSA) is 124 Å². The molecule has 2 aliphatic carbocycles. The van der Waals surface area contributed by atoms with E-state index in [-0.39, 0.29) is 24.0 Å². The summed E-state index contributed by atoms with van der Waals surface area (Å²) >= 11 is 0. The first-order chi connectivity index (χ1) is 11.9. The van der Waals surface area contributed by atoms with Gasteiger partial charge in [-0.2, -0.15) is 0 Å². The molecule has 2 bridgehead atoms. The van der Waals surface area contributed by atoms with Gasteiger partial charge < -0.3 is 20.6 Å². The normalized spacial score (nSPS) is 27.8. The number of allylic oxidation sites excluding steroid dienone is 2. The van der Waals surface area contributed by atoms with Crippen LogP contribution >= 0.6 is 0 Å². The Bertz CT molecular complexity index is 726. The van der Waals surface area contributed by atoms with Crippen molar-refractivity contribution in [2.75, 3.05) is 0 Å². The molecular formula is C18H19NO6. The molecule has 0 spiro atoms. The van der Waals surface area contributed by atoms with E-state index < -0.39 is 35.7 Å². The lowest BCUT2D eigenvalue weighted by atomic mass is 9.82. The third-order valence-corrected chi connectivity index (χ3v) is 5.04. The number of amides is 1. The van der Waals surface area contributed by atoms with Crippen LogP contribution < -0.4 is 5.32 Å². The van der Waals surface area contributed by atoms with Gasteiger partial charge in [-0.1, -0.05) is 24.3 Å². The Morgan fingerprint density at radius 1 is 1.04 bits per heavy atom. The smallest absolute Gasteiger partial charge is 0.326 e. The highest BCUT2D eigenvalue weighted by Crippen LogP contribution is 2.48. The molecule has 7 nitrogen and oxygen atoms in total. The van der Waals surface area contributed by atoms with Gasteiger partial charge >= 0.3 is 11.9 Å². The number of carboxylic acids is 2. The van der Waals surface area contributed by atoms with E-state index in [1.165, 1.54) is 12.1 Å². The molecule has 1 fully saturated rings. The van der Waals surface area contributed by atoms with E-state index in [9.17, 15) is 29.7 Å². The maximum Gasteiger partial charge on any atom is 0.326 e. The molecule has 1 amide bonds. The summed E-state index contributed by atoms with van der Waals surface area (Å²) in [4.78, 5) is 35.6. The molecule has 2 aliphatic rings. The summed E-state index contributed by atoms with van der Waals surface area (Å²) in [5.74, 6) is -4.55. The number of phenolic OH excluding ortho intramolecular Hbond substituents is 1. The number of carboxylic acid groups (broad SMARTS) is 2. The Labute approximate surface area is 144 Å². The Hall–Kier alpha value is -2.83. The molecule has 25 heavy (non-hydrogen) atoms. The molecule has 3 rings (SSSR count). The summed E-state index contributed by atoms with van der Waals surface area (Å²) in [7, 11) is 0. The summed E-state index contributed by atoms with van der Waals surface area (Å²) < 4.78 is 0. The molecule has 0 unspecified atom stereocenters. The first-order valence-electron chi connectivity index (χ1n) is 8.09. The molecule has 5 atom stereocenters. The number of carbonyl (C=O) groups excluding carboxylic acids is 1. The van der Waals surface area contributed by atoms with Gasteiger partial charge in [0.25, 0.3) is 0 Å². The molecule has 0 radical (unpaired) electrons. The number of fused-ring (bicyclic) bond motifs is 2. The average Bonchev–Trinajstić information content (AvgIpc) is 3.17. The van der Waals surface area contributed by atoms with E-state index in [2.05, 4.69) is 5.32 Å². The summed E-state index contributed by atoms with van der Waals surface area (Å²) in [5.41, 5.74) is 0.646. The van der Waals surface area contributed by atoms with Gasteiger partial charge in [0.15, 0.2) is 0 Å². The molecular weight excluding hydrogens is 326 g/mol. The van der Waals surface area contributed by atoms with Gasteiger partial charge in [-0.05, 0) is 36.0 Å². The number of nitrogens with one attached hydrogen (secondary N) is 1. The zero-order valence-electron chi connectivity index (χ0n) is 13.3. The average molecular weight is 345 g/mol. The lowest BCUT2D eigenvalue weighted by Crippen LogP contribution is -2.48. The SMILES string of the molecule is O=C(O)[C@H]1[C@H](C(=O)N[C@@H](Cc2ccc(O)cc2)C(=O)O)[C@H]2C=C[C@H]1C2. The molecule has 4 N–H and O–H groups in total. The molecule has 0 saturated heterocycles. The van der Waals surface area contributed by atoms with Gasteiger partial charge in [-0.3, -0.25) is 9.59 Å². The van der Waals surface area contributed by atoms with Crippen LogP contribution in [-0.4, -0.2) is 39.2 Å². The first-order valence-corrected chi connectivity index (χ1v) is 8.09. The maximum atomic E-state index is 12.6. The van der Waals surface area contributed by atoms with Crippen molar-refractivity contribution in [1.82, 2.24) is 5.32 Å². The van der Waals surface area contributed by atoms with Gasteiger partial charge in [0.05, 0.1) is 11.8 Å². The minimum atomic E-state index is -1.19. The zero-order chi connectivity index (χ0) is 18.1. The van der Waals surface area contributed by atoms with Gasteiger partial charge in [0.2, 0.25) is 5.91 Å². The first kappa shape index (κ1) is 17.0. The summed E-state index contributed by atoms with van der Waals surface area (Å²) in [6.07, 6.45) is 4.35. The lowest BCUT2D eigenvalue weighted by Gasteiger charge is -2.25. The zero-order valence-corrected chi connectivity index (χ0v) is 13.3. The van der Waals surface area contributed by atoms with E-state index >= 15 is 0 Å². The van der Waals surface area contributed by atoms with Gasteiger partial charge in [0.1, 0.15) is 11.8 Å². The largest absolute Gasteiger partial charge is 0.508 e. The molecule has 0 aliphatic heterocycles. The lowest BCUT2D eigenvalue weighted by molar-refractivity contribution is -0.148. The van der Waals surface area contributed by atoms with Crippen LogP contribution in [0, 0.1) is 23.7 Å². The molecule has 1 saturated carbocycles. The minimum absolute atomic E-state index is 0.0513. The van der Waals surface area contributed by atoms with Gasteiger partial charge in [-0.15, -0.1) is 0 Å². The Morgan fingerprint density at radius 3 is 2.20 bits per heavy atom.